The van der Waals surface area contributed by atoms with Crippen LogP contribution in [0.25, 0.3) is 11.2 Å². The molecule has 1 aliphatic heterocycles. The summed E-state index contributed by atoms with van der Waals surface area (Å²) in [4.78, 5) is 24.5. The third-order valence-corrected chi connectivity index (χ3v) is 7.52. The summed E-state index contributed by atoms with van der Waals surface area (Å²) >= 11 is 0. The zero-order chi connectivity index (χ0) is 26.0. The summed E-state index contributed by atoms with van der Waals surface area (Å²) in [6.45, 7) is 1.85. The van der Waals surface area contributed by atoms with E-state index in [0.717, 1.165) is 18.9 Å². The van der Waals surface area contributed by atoms with Crippen LogP contribution in [0.2, 0.25) is 0 Å². The second-order valence-electron chi connectivity index (χ2n) is 8.79. The van der Waals surface area contributed by atoms with Crippen LogP contribution in [-0.2, 0) is 23.6 Å². The molecule has 3 N–H and O–H groups in total. The van der Waals surface area contributed by atoms with Crippen molar-refractivity contribution in [1.82, 2.24) is 24.6 Å². The highest BCUT2D eigenvalue weighted by Gasteiger charge is 2.36. The van der Waals surface area contributed by atoms with Crippen LogP contribution in [0.4, 0.5) is 10.2 Å². The van der Waals surface area contributed by atoms with Crippen LogP contribution in [0.15, 0.2) is 54.9 Å². The first-order valence-electron chi connectivity index (χ1n) is 11.7. The molecule has 1 aliphatic carbocycles. The predicted molar refractivity (Wildman–Crippen MR) is 130 cm³/mol. The molecule has 3 aromatic rings. The SMILES string of the molecule is C[C@H](N[P@@](=O)(CO[C@@H]1C=C(F)[C@H](n2cnc3c(N)ncnc32)O1)Oc1ccccc1)C(=O)OCC1CC1. The Morgan fingerprint density at radius 1 is 1.30 bits per heavy atom. The summed E-state index contributed by atoms with van der Waals surface area (Å²) in [5.74, 6) is -0.384. The molecular formula is C23H26FN6O6P. The number of halogens is 1. The maximum atomic E-state index is 14.8. The van der Waals surface area contributed by atoms with Crippen molar-refractivity contribution in [3.63, 3.8) is 0 Å². The number of carbonyl (C=O) groups excluding carboxylic acids is 1. The summed E-state index contributed by atoms with van der Waals surface area (Å²) in [6.07, 6.45) is 2.78. The van der Waals surface area contributed by atoms with Gasteiger partial charge in [-0.05, 0) is 37.8 Å². The first-order chi connectivity index (χ1) is 17.8. The maximum absolute atomic E-state index is 14.8. The zero-order valence-electron chi connectivity index (χ0n) is 19.9. The Morgan fingerprint density at radius 2 is 2.08 bits per heavy atom. The Kier molecular flexibility index (Phi) is 7.20. The van der Waals surface area contributed by atoms with E-state index in [2.05, 4.69) is 20.0 Å². The number of imidazole rings is 1. The van der Waals surface area contributed by atoms with Crippen LogP contribution >= 0.6 is 7.52 Å². The molecule has 0 saturated heterocycles. The molecule has 14 heteroatoms. The largest absolute Gasteiger partial charge is 0.464 e. The molecule has 0 spiro atoms. The Labute approximate surface area is 211 Å². The van der Waals surface area contributed by atoms with Crippen molar-refractivity contribution in [3.05, 3.63) is 54.9 Å². The first-order valence-corrected chi connectivity index (χ1v) is 13.5. The van der Waals surface area contributed by atoms with E-state index in [-0.39, 0.29) is 11.5 Å². The van der Waals surface area contributed by atoms with Gasteiger partial charge < -0.3 is 24.5 Å². The van der Waals surface area contributed by atoms with Gasteiger partial charge in [0.05, 0.1) is 12.9 Å². The average Bonchev–Trinajstić information content (AvgIpc) is 3.49. The summed E-state index contributed by atoms with van der Waals surface area (Å²) in [6, 6.07) is 7.49. The van der Waals surface area contributed by atoms with Crippen molar-refractivity contribution in [2.24, 2.45) is 5.92 Å². The van der Waals surface area contributed by atoms with Gasteiger partial charge in [-0.15, -0.1) is 0 Å². The number of hydrogen-bond donors (Lipinski definition) is 2. The molecule has 1 saturated carbocycles. The van der Waals surface area contributed by atoms with Crippen LogP contribution < -0.4 is 15.3 Å². The fourth-order valence-corrected chi connectivity index (χ4v) is 5.32. The monoisotopic (exact) mass is 532 g/mol. The highest BCUT2D eigenvalue weighted by molar-refractivity contribution is 7.57. The molecule has 4 atom stereocenters. The molecule has 1 aromatic carbocycles. The number of fused-ring (bicyclic) bond motifs is 1. The van der Waals surface area contributed by atoms with Gasteiger partial charge in [-0.2, -0.15) is 0 Å². The molecule has 3 heterocycles. The smallest absolute Gasteiger partial charge is 0.342 e. The summed E-state index contributed by atoms with van der Waals surface area (Å²) in [7, 11) is -3.84. The standard InChI is InChI=1S/C23H26FN6O6P/c1-14(23(31)33-10-15-7-8-15)29-37(32,36-16-5-3-2-4-6-16)13-34-18-9-17(24)22(35-18)30-12-28-19-20(25)26-11-27-21(19)30/h2-6,9,11-12,14-15,18,22H,7-8,10,13H2,1H3,(H,29,32)(H2,25,26,27)/t14-,18-,22+,37+/m0/s1. The highest BCUT2D eigenvalue weighted by atomic mass is 31.2. The lowest BCUT2D eigenvalue weighted by molar-refractivity contribution is -0.145. The fourth-order valence-electron chi connectivity index (χ4n) is 3.64. The summed E-state index contributed by atoms with van der Waals surface area (Å²) in [5.41, 5.74) is 6.38. The van der Waals surface area contributed by atoms with E-state index in [1.165, 1.54) is 24.1 Å². The highest BCUT2D eigenvalue weighted by Crippen LogP contribution is 2.45. The van der Waals surface area contributed by atoms with E-state index in [0.29, 0.717) is 23.8 Å². The molecule has 0 radical (unpaired) electrons. The lowest BCUT2D eigenvalue weighted by Gasteiger charge is -2.24. The minimum absolute atomic E-state index is 0.147. The van der Waals surface area contributed by atoms with E-state index >= 15 is 0 Å². The Hall–Kier alpha value is -3.38. The van der Waals surface area contributed by atoms with Crippen molar-refractivity contribution >= 4 is 30.5 Å². The molecule has 0 bridgehead atoms. The van der Waals surface area contributed by atoms with Crippen molar-refractivity contribution < 1.29 is 32.5 Å². The van der Waals surface area contributed by atoms with Crippen molar-refractivity contribution in [3.8, 4) is 5.75 Å². The van der Waals surface area contributed by atoms with Crippen LogP contribution in [0, 0.1) is 5.92 Å². The molecule has 2 aliphatic rings. The number of anilines is 1. The number of benzene rings is 1. The van der Waals surface area contributed by atoms with Gasteiger partial charge in [0.1, 0.15) is 23.6 Å². The number of nitrogens with one attached hydrogen (secondary N) is 1. The third kappa shape index (κ3) is 5.96. The van der Waals surface area contributed by atoms with E-state index in [1.807, 2.05) is 0 Å². The second kappa shape index (κ2) is 10.5. The topological polar surface area (TPSA) is 153 Å². The van der Waals surface area contributed by atoms with Gasteiger partial charge in [0, 0.05) is 6.08 Å². The van der Waals surface area contributed by atoms with E-state index in [1.54, 1.807) is 30.3 Å². The van der Waals surface area contributed by atoms with Gasteiger partial charge in [-0.25, -0.2) is 24.4 Å². The summed E-state index contributed by atoms with van der Waals surface area (Å²) < 4.78 is 52.2. The van der Waals surface area contributed by atoms with E-state index in [9.17, 15) is 13.8 Å². The van der Waals surface area contributed by atoms with Crippen molar-refractivity contribution in [2.45, 2.75) is 38.3 Å². The third-order valence-electron chi connectivity index (χ3n) is 5.74. The fraction of sp³-hybridized carbons (Fsp3) is 0.391. The molecule has 1 fully saturated rings. The second-order valence-corrected chi connectivity index (χ2v) is 10.8. The van der Waals surface area contributed by atoms with Gasteiger partial charge in [-0.1, -0.05) is 18.2 Å². The number of ether oxygens (including phenoxy) is 3. The Morgan fingerprint density at radius 3 is 2.84 bits per heavy atom. The van der Waals surface area contributed by atoms with Gasteiger partial charge in [-0.3, -0.25) is 13.9 Å². The van der Waals surface area contributed by atoms with Gasteiger partial charge in [0.2, 0.25) is 0 Å². The number of hydrogen-bond acceptors (Lipinski definition) is 10. The maximum Gasteiger partial charge on any atom is 0.342 e. The van der Waals surface area contributed by atoms with Crippen LogP contribution in [0.1, 0.15) is 26.0 Å². The Bertz CT molecular complexity index is 1350. The van der Waals surface area contributed by atoms with Crippen LogP contribution in [0.5, 0.6) is 5.75 Å². The molecule has 37 heavy (non-hydrogen) atoms. The quantitative estimate of drug-likeness (QED) is 0.276. The normalized spacial score (nSPS) is 21.8. The molecular weight excluding hydrogens is 506 g/mol. The zero-order valence-corrected chi connectivity index (χ0v) is 20.8. The minimum atomic E-state index is -3.84. The average molecular weight is 532 g/mol. The molecule has 2 aromatic heterocycles. The lowest BCUT2D eigenvalue weighted by atomic mass is 10.3. The number of nitrogen functional groups attached to an aromatic ring is 1. The molecule has 0 unspecified atom stereocenters. The van der Waals surface area contributed by atoms with Gasteiger partial charge in [0.25, 0.3) is 0 Å². The number of nitrogens with zero attached hydrogens (tertiary/aromatic N) is 4. The molecule has 12 nitrogen and oxygen atoms in total. The van der Waals surface area contributed by atoms with Gasteiger partial charge in [0.15, 0.2) is 36.2 Å². The number of aromatic nitrogens is 4. The molecule has 196 valence electrons. The number of carbonyl (C=O) groups is 1. The lowest BCUT2D eigenvalue weighted by Crippen LogP contribution is -2.36. The van der Waals surface area contributed by atoms with Crippen molar-refractivity contribution in [1.29, 1.82) is 0 Å². The van der Waals surface area contributed by atoms with Crippen LogP contribution in [-0.4, -0.2) is 50.8 Å². The first kappa shape index (κ1) is 25.3. The van der Waals surface area contributed by atoms with Crippen LogP contribution in [0.3, 0.4) is 0 Å². The number of nitrogens with two attached hydrogens (primary N) is 1. The van der Waals surface area contributed by atoms with E-state index < -0.39 is 44.2 Å². The molecule has 5 rings (SSSR count). The predicted octanol–water partition coefficient (Wildman–Crippen LogP) is 3.29. The van der Waals surface area contributed by atoms with Crippen molar-refractivity contribution in [2.75, 3.05) is 18.7 Å². The number of para-hydroxylation sites is 1. The number of rotatable bonds is 11. The Balaban J connectivity index is 1.26. The van der Waals surface area contributed by atoms with Gasteiger partial charge >= 0.3 is 13.5 Å². The summed E-state index contributed by atoms with van der Waals surface area (Å²) in [5, 5.41) is 2.71. The molecule has 0 amide bonds. The number of esters is 1. The van der Waals surface area contributed by atoms with E-state index in [4.69, 9.17) is 24.5 Å². The minimum Gasteiger partial charge on any atom is -0.464 e.